The van der Waals surface area contributed by atoms with Crippen LogP contribution in [-0.4, -0.2) is 28.8 Å². The van der Waals surface area contributed by atoms with E-state index >= 15 is 0 Å². The lowest BCUT2D eigenvalue weighted by atomic mass is 10.0. The average molecular weight is 484 g/mol. The molecule has 2 amide bonds. The summed E-state index contributed by atoms with van der Waals surface area (Å²) in [5.74, 6) is -1.76. The Hall–Kier alpha value is -4.59. The Morgan fingerprint density at radius 3 is 1.97 bits per heavy atom. The quantitative estimate of drug-likeness (QED) is 0.137. The summed E-state index contributed by atoms with van der Waals surface area (Å²) >= 11 is 0. The van der Waals surface area contributed by atoms with Gasteiger partial charge in [-0.3, -0.25) is 9.59 Å². The van der Waals surface area contributed by atoms with Gasteiger partial charge in [0.2, 0.25) is 11.0 Å². The molecule has 1 aliphatic heterocycles. The number of amides is 2. The second-order valence-corrected chi connectivity index (χ2v) is 8.55. The number of benzene rings is 3. The van der Waals surface area contributed by atoms with Gasteiger partial charge in [0, 0.05) is 25.0 Å². The van der Waals surface area contributed by atoms with Crippen molar-refractivity contribution in [1.29, 1.82) is 0 Å². The summed E-state index contributed by atoms with van der Waals surface area (Å²) in [5, 5.41) is 2.14. The van der Waals surface area contributed by atoms with Crippen LogP contribution in [0.1, 0.15) is 35.2 Å². The largest absolute Gasteiger partial charge is 0.423 e. The molecule has 0 bridgehead atoms. The smallest absolute Gasteiger partial charge is 0.345 e. The van der Waals surface area contributed by atoms with E-state index in [4.69, 9.17) is 9.57 Å². The Morgan fingerprint density at radius 2 is 1.39 bits per heavy atom. The number of imide groups is 1. The number of carbonyl (C=O) groups is 4. The van der Waals surface area contributed by atoms with Crippen molar-refractivity contribution in [3.8, 4) is 5.75 Å². The van der Waals surface area contributed by atoms with E-state index in [9.17, 15) is 19.2 Å². The molecule has 0 atom stereocenters. The van der Waals surface area contributed by atoms with Crippen molar-refractivity contribution in [2.45, 2.75) is 25.7 Å². The molecular weight excluding hydrogens is 460 g/mol. The van der Waals surface area contributed by atoms with Crippen molar-refractivity contribution in [2.75, 3.05) is 0 Å². The third-order valence-corrected chi connectivity index (χ3v) is 6.22. The number of fused-ring (bicyclic) bond motifs is 2. The fraction of sp³-hybridized carbons (Fsp3) is 0.179. The van der Waals surface area contributed by atoms with E-state index in [-0.39, 0.29) is 19.3 Å². The second kappa shape index (κ2) is 9.58. The number of rotatable bonds is 6. The summed E-state index contributed by atoms with van der Waals surface area (Å²) in [4.78, 5) is 53.4. The van der Waals surface area contributed by atoms with Crippen molar-refractivity contribution in [3.05, 3.63) is 83.9 Å². The summed E-state index contributed by atoms with van der Waals surface area (Å²) in [6.45, 7) is 0. The molecule has 1 saturated heterocycles. The van der Waals surface area contributed by atoms with Crippen LogP contribution in [0.3, 0.4) is 0 Å². The second-order valence-electron chi connectivity index (χ2n) is 8.55. The van der Waals surface area contributed by atoms with E-state index in [2.05, 4.69) is 4.57 Å². The van der Waals surface area contributed by atoms with Crippen LogP contribution in [0.25, 0.3) is 21.8 Å². The van der Waals surface area contributed by atoms with Gasteiger partial charge in [-0.1, -0.05) is 36.4 Å². The maximum Gasteiger partial charge on any atom is 0.345 e. The molecule has 5 rings (SSSR count). The van der Waals surface area contributed by atoms with E-state index in [0.29, 0.717) is 22.8 Å². The molecule has 0 N–H and O–H groups in total. The molecule has 1 aromatic heterocycles. The number of carbonyl (C=O) groups excluding carboxylic acids is 4. The summed E-state index contributed by atoms with van der Waals surface area (Å²) < 4.78 is 7.78. The first-order valence-electron chi connectivity index (χ1n) is 11.6. The average Bonchev–Trinajstić information content (AvgIpc) is 3.20. The van der Waals surface area contributed by atoms with Crippen LogP contribution in [0.4, 0.5) is 0 Å². The molecule has 8 heteroatoms. The lowest BCUT2D eigenvalue weighted by Crippen LogP contribution is -2.32. The van der Waals surface area contributed by atoms with E-state index in [1.54, 1.807) is 24.3 Å². The van der Waals surface area contributed by atoms with Crippen LogP contribution in [-0.2, 0) is 32.7 Å². The first-order chi connectivity index (χ1) is 17.4. The van der Waals surface area contributed by atoms with Gasteiger partial charge in [0.05, 0.1) is 22.8 Å². The van der Waals surface area contributed by atoms with E-state index in [0.717, 1.165) is 27.4 Å². The Bertz CT molecular complexity index is 1450. The molecule has 0 radical (unpaired) electrons. The lowest BCUT2D eigenvalue weighted by molar-refractivity contribution is -0.617. The minimum atomic E-state index is -0.662. The van der Waals surface area contributed by atoms with E-state index < -0.39 is 23.8 Å². The van der Waals surface area contributed by atoms with Gasteiger partial charge in [-0.15, -0.1) is 5.06 Å². The Kier molecular flexibility index (Phi) is 6.16. The topological polar surface area (TPSA) is 93.9 Å². The Labute approximate surface area is 206 Å². The number of aromatic nitrogens is 1. The molecule has 2 heterocycles. The van der Waals surface area contributed by atoms with Gasteiger partial charge in [-0.05, 0) is 36.2 Å². The maximum atomic E-state index is 13.3. The van der Waals surface area contributed by atoms with Crippen molar-refractivity contribution in [2.24, 2.45) is 7.05 Å². The standard InChI is InChI=1S/C28H23N2O6/c1-29-22-8-4-2-6-20(22)27(21-7-3-5-9-23(21)29)28(34)35-19-13-10-18(11-14-19)12-17-26(33)36-30-24(31)15-16-25(30)32/h2-11,13-14H,12,15-17H2,1H3/q+1. The number of nitrogens with zero attached hydrogens (tertiary/aromatic N) is 2. The summed E-state index contributed by atoms with van der Waals surface area (Å²) in [6.07, 6.45) is 0.446. The molecule has 3 aromatic carbocycles. The van der Waals surface area contributed by atoms with Gasteiger partial charge in [0.25, 0.3) is 11.8 Å². The van der Waals surface area contributed by atoms with E-state index in [1.165, 1.54) is 0 Å². The number of pyridine rings is 1. The number of aryl methyl sites for hydroxylation is 2. The highest BCUT2D eigenvalue weighted by Gasteiger charge is 2.32. The first kappa shape index (κ1) is 23.2. The highest BCUT2D eigenvalue weighted by Crippen LogP contribution is 2.26. The van der Waals surface area contributed by atoms with Gasteiger partial charge in [0.1, 0.15) is 12.8 Å². The molecule has 4 aromatic rings. The zero-order valence-electron chi connectivity index (χ0n) is 19.6. The summed E-state index contributed by atoms with van der Waals surface area (Å²) in [6, 6.07) is 22.2. The van der Waals surface area contributed by atoms with Crippen LogP contribution in [0.15, 0.2) is 72.8 Å². The predicted molar refractivity (Wildman–Crippen MR) is 130 cm³/mol. The minimum Gasteiger partial charge on any atom is -0.423 e. The highest BCUT2D eigenvalue weighted by atomic mass is 16.7. The fourth-order valence-corrected chi connectivity index (χ4v) is 4.38. The van der Waals surface area contributed by atoms with Gasteiger partial charge < -0.3 is 9.57 Å². The van der Waals surface area contributed by atoms with Crippen LogP contribution in [0.2, 0.25) is 0 Å². The number of para-hydroxylation sites is 2. The Morgan fingerprint density at radius 1 is 0.833 bits per heavy atom. The molecule has 1 aliphatic rings. The molecule has 0 unspecified atom stereocenters. The van der Waals surface area contributed by atoms with Crippen molar-refractivity contribution < 1.29 is 33.3 Å². The minimum absolute atomic E-state index is 0.00476. The van der Waals surface area contributed by atoms with Gasteiger partial charge >= 0.3 is 11.9 Å². The van der Waals surface area contributed by atoms with Crippen LogP contribution < -0.4 is 9.30 Å². The molecule has 0 saturated carbocycles. The van der Waals surface area contributed by atoms with Crippen LogP contribution >= 0.6 is 0 Å². The third-order valence-electron chi connectivity index (χ3n) is 6.22. The number of hydrogen-bond acceptors (Lipinski definition) is 6. The Balaban J connectivity index is 1.30. The zero-order chi connectivity index (χ0) is 25.2. The first-order valence-corrected chi connectivity index (χ1v) is 11.6. The number of hydrogen-bond donors (Lipinski definition) is 0. The van der Waals surface area contributed by atoms with E-state index in [1.807, 2.05) is 55.6 Å². The molecule has 36 heavy (non-hydrogen) atoms. The maximum absolute atomic E-state index is 13.3. The predicted octanol–water partition coefficient (Wildman–Crippen LogP) is 3.58. The van der Waals surface area contributed by atoms with Crippen LogP contribution in [0.5, 0.6) is 5.75 Å². The van der Waals surface area contributed by atoms with Gasteiger partial charge in [-0.2, -0.15) is 4.57 Å². The molecule has 180 valence electrons. The fourth-order valence-electron chi connectivity index (χ4n) is 4.38. The van der Waals surface area contributed by atoms with Gasteiger partial charge in [0.15, 0.2) is 0 Å². The molecule has 0 aliphatic carbocycles. The molecule has 8 nitrogen and oxygen atoms in total. The number of ether oxygens (including phenoxy) is 1. The van der Waals surface area contributed by atoms with Gasteiger partial charge in [-0.25, -0.2) is 9.59 Å². The zero-order valence-corrected chi connectivity index (χ0v) is 19.6. The highest BCUT2D eigenvalue weighted by molar-refractivity contribution is 6.13. The van der Waals surface area contributed by atoms with Crippen molar-refractivity contribution in [1.82, 2.24) is 5.06 Å². The summed E-state index contributed by atoms with van der Waals surface area (Å²) in [5.41, 5.74) is 3.15. The molecule has 0 spiro atoms. The van der Waals surface area contributed by atoms with Crippen molar-refractivity contribution >= 4 is 45.6 Å². The normalized spacial score (nSPS) is 13.4. The third kappa shape index (κ3) is 4.40. The van der Waals surface area contributed by atoms with Crippen molar-refractivity contribution in [3.63, 3.8) is 0 Å². The number of esters is 1. The SMILES string of the molecule is C[n+]1c2ccccc2c(C(=O)Oc2ccc(CCC(=O)ON3C(=O)CCC3=O)cc2)c2ccccc21. The molecular formula is C28H23N2O6+. The van der Waals surface area contributed by atoms with Crippen LogP contribution in [0, 0.1) is 0 Å². The summed E-state index contributed by atoms with van der Waals surface area (Å²) in [7, 11) is 1.97. The monoisotopic (exact) mass is 483 g/mol. The number of hydroxylamine groups is 2. The lowest BCUT2D eigenvalue weighted by Gasteiger charge is -2.12. The molecule has 1 fully saturated rings.